The molecule has 6 nitrogen and oxygen atoms in total. The molecule has 3 aromatic rings. The van der Waals surface area contributed by atoms with Gasteiger partial charge in [0.1, 0.15) is 11.5 Å². The summed E-state index contributed by atoms with van der Waals surface area (Å²) in [6.45, 7) is 0.899. The number of anilines is 1. The predicted molar refractivity (Wildman–Crippen MR) is 97.0 cm³/mol. The third kappa shape index (κ3) is 2.99. The first-order valence-corrected chi connectivity index (χ1v) is 8.90. The number of halogens is 1. The lowest BCUT2D eigenvalue weighted by molar-refractivity contribution is 0.0729. The van der Waals surface area contributed by atoms with Crippen molar-refractivity contribution in [1.29, 1.82) is 0 Å². The van der Waals surface area contributed by atoms with Gasteiger partial charge in [0, 0.05) is 36.4 Å². The van der Waals surface area contributed by atoms with Crippen LogP contribution in [0.1, 0.15) is 21.6 Å². The van der Waals surface area contributed by atoms with Gasteiger partial charge in [-0.3, -0.25) is 14.2 Å². The van der Waals surface area contributed by atoms with Crippen LogP contribution in [0.15, 0.2) is 46.7 Å². The topological polar surface area (TPSA) is 81.2 Å². The molecule has 0 fully saturated rings. The van der Waals surface area contributed by atoms with Gasteiger partial charge >= 0.3 is 0 Å². The van der Waals surface area contributed by atoms with E-state index in [1.165, 1.54) is 28.0 Å². The lowest BCUT2D eigenvalue weighted by Gasteiger charge is -2.28. The van der Waals surface area contributed by atoms with E-state index in [0.717, 1.165) is 11.1 Å². The number of thiazole rings is 1. The van der Waals surface area contributed by atoms with Gasteiger partial charge in [0.05, 0.1) is 0 Å². The second kappa shape index (κ2) is 6.38. The van der Waals surface area contributed by atoms with Crippen molar-refractivity contribution in [3.63, 3.8) is 0 Å². The summed E-state index contributed by atoms with van der Waals surface area (Å²) in [6, 6.07) is 7.30. The summed E-state index contributed by atoms with van der Waals surface area (Å²) in [6.07, 6.45) is 2.32. The molecule has 0 atom stereocenters. The number of carbonyl (C=O) groups is 1. The highest BCUT2D eigenvalue weighted by Crippen LogP contribution is 2.21. The van der Waals surface area contributed by atoms with Crippen LogP contribution in [0.3, 0.4) is 0 Å². The van der Waals surface area contributed by atoms with E-state index in [2.05, 4.69) is 4.98 Å². The standard InChI is InChI=1S/C18H15FN4O2S/c19-13-1-3-14(4-2-13)23-9-12-8-22(6-5-11(12)7-16(23)24)17(25)15-10-26-18(20)21-15/h1-4,7,9-10H,5-6,8H2,(H2,20,21). The van der Waals surface area contributed by atoms with E-state index in [0.29, 0.717) is 36.0 Å². The molecule has 2 aromatic heterocycles. The summed E-state index contributed by atoms with van der Waals surface area (Å²) in [5, 5.41) is 2.00. The van der Waals surface area contributed by atoms with Crippen molar-refractivity contribution < 1.29 is 9.18 Å². The molecule has 8 heteroatoms. The molecule has 0 spiro atoms. The minimum atomic E-state index is -0.362. The molecule has 0 saturated heterocycles. The Morgan fingerprint density at radius 2 is 2.00 bits per heavy atom. The lowest BCUT2D eigenvalue weighted by Crippen LogP contribution is -2.37. The minimum Gasteiger partial charge on any atom is -0.375 e. The first-order chi connectivity index (χ1) is 12.5. The third-order valence-corrected chi connectivity index (χ3v) is 5.05. The Morgan fingerprint density at radius 1 is 1.23 bits per heavy atom. The van der Waals surface area contributed by atoms with Gasteiger partial charge in [0.2, 0.25) is 0 Å². The molecule has 1 amide bonds. The fourth-order valence-electron chi connectivity index (χ4n) is 3.05. The van der Waals surface area contributed by atoms with Gasteiger partial charge in [0.25, 0.3) is 11.5 Å². The van der Waals surface area contributed by atoms with Gasteiger partial charge in [-0.1, -0.05) is 0 Å². The first-order valence-electron chi connectivity index (χ1n) is 8.02. The first kappa shape index (κ1) is 16.5. The Bertz CT molecular complexity index is 1040. The van der Waals surface area contributed by atoms with Crippen LogP contribution in [-0.4, -0.2) is 26.9 Å². The van der Waals surface area contributed by atoms with Crippen molar-refractivity contribution >= 4 is 22.4 Å². The number of carbonyl (C=O) groups excluding carboxylic acids is 1. The van der Waals surface area contributed by atoms with Crippen molar-refractivity contribution in [3.8, 4) is 5.69 Å². The molecule has 4 rings (SSSR count). The SMILES string of the molecule is Nc1nc(C(=O)N2CCc3cc(=O)n(-c4ccc(F)cc4)cc3C2)cs1. The number of nitrogen functional groups attached to an aromatic ring is 1. The molecule has 0 unspecified atom stereocenters. The van der Waals surface area contributed by atoms with Crippen LogP contribution in [0.25, 0.3) is 5.69 Å². The summed E-state index contributed by atoms with van der Waals surface area (Å²) in [4.78, 5) is 30.7. The Morgan fingerprint density at radius 3 is 2.69 bits per heavy atom. The Kier molecular flexibility index (Phi) is 4.04. The van der Waals surface area contributed by atoms with Gasteiger partial charge < -0.3 is 10.6 Å². The number of rotatable bonds is 2. The van der Waals surface area contributed by atoms with Crippen LogP contribution in [0.5, 0.6) is 0 Å². The Hall–Kier alpha value is -3.00. The van der Waals surface area contributed by atoms with Crippen molar-refractivity contribution in [2.24, 2.45) is 0 Å². The van der Waals surface area contributed by atoms with Crippen LogP contribution >= 0.6 is 11.3 Å². The largest absolute Gasteiger partial charge is 0.375 e. The van der Waals surface area contributed by atoms with E-state index in [4.69, 9.17) is 5.73 Å². The van der Waals surface area contributed by atoms with Crippen molar-refractivity contribution in [2.75, 3.05) is 12.3 Å². The number of fused-ring (bicyclic) bond motifs is 1. The zero-order valence-electron chi connectivity index (χ0n) is 13.7. The average Bonchev–Trinajstić information content (AvgIpc) is 3.07. The summed E-state index contributed by atoms with van der Waals surface area (Å²) < 4.78 is 14.6. The molecule has 0 bridgehead atoms. The molecule has 0 aliphatic carbocycles. The van der Waals surface area contributed by atoms with E-state index in [1.54, 1.807) is 34.7 Å². The number of nitrogens with zero attached hydrogens (tertiary/aromatic N) is 3. The highest BCUT2D eigenvalue weighted by atomic mass is 32.1. The van der Waals surface area contributed by atoms with Gasteiger partial charge in [-0.05, 0) is 41.8 Å². The quantitative estimate of drug-likeness (QED) is 0.750. The molecular formula is C18H15FN4O2S. The summed E-state index contributed by atoms with van der Waals surface area (Å²) in [5.74, 6) is -0.540. The molecule has 1 aliphatic heterocycles. The highest BCUT2D eigenvalue weighted by molar-refractivity contribution is 7.13. The third-order valence-electron chi connectivity index (χ3n) is 4.38. The molecule has 0 saturated carbocycles. The van der Waals surface area contributed by atoms with Crippen LogP contribution < -0.4 is 11.3 Å². The van der Waals surface area contributed by atoms with E-state index < -0.39 is 0 Å². The molecule has 1 aliphatic rings. The molecule has 3 heterocycles. The molecule has 26 heavy (non-hydrogen) atoms. The maximum absolute atomic E-state index is 13.1. The second-order valence-electron chi connectivity index (χ2n) is 6.06. The molecule has 0 radical (unpaired) electrons. The number of amides is 1. The van der Waals surface area contributed by atoms with Crippen molar-refractivity contribution in [2.45, 2.75) is 13.0 Å². The van der Waals surface area contributed by atoms with Crippen LogP contribution in [0.4, 0.5) is 9.52 Å². The van der Waals surface area contributed by atoms with Crippen molar-refractivity contribution in [3.05, 3.63) is 74.9 Å². The zero-order chi connectivity index (χ0) is 18.3. The van der Waals surface area contributed by atoms with Crippen LogP contribution in [0, 0.1) is 5.82 Å². The second-order valence-corrected chi connectivity index (χ2v) is 6.95. The van der Waals surface area contributed by atoms with E-state index in [9.17, 15) is 14.0 Å². The predicted octanol–water partition coefficient (Wildman–Crippen LogP) is 2.21. The van der Waals surface area contributed by atoms with Crippen LogP contribution in [0.2, 0.25) is 0 Å². The fraction of sp³-hybridized carbons (Fsp3) is 0.167. The smallest absolute Gasteiger partial charge is 0.273 e. The average molecular weight is 370 g/mol. The van der Waals surface area contributed by atoms with Gasteiger partial charge in [-0.25, -0.2) is 9.37 Å². The van der Waals surface area contributed by atoms with Gasteiger partial charge in [-0.2, -0.15) is 0 Å². The molecule has 2 N–H and O–H groups in total. The number of hydrogen-bond acceptors (Lipinski definition) is 5. The van der Waals surface area contributed by atoms with E-state index in [1.807, 2.05) is 0 Å². The molecule has 1 aromatic carbocycles. The molecular weight excluding hydrogens is 355 g/mol. The maximum atomic E-state index is 13.1. The van der Waals surface area contributed by atoms with Gasteiger partial charge in [-0.15, -0.1) is 11.3 Å². The monoisotopic (exact) mass is 370 g/mol. The summed E-state index contributed by atoms with van der Waals surface area (Å²) in [5.41, 5.74) is 8.15. The number of nitrogens with two attached hydrogens (primary N) is 1. The summed E-state index contributed by atoms with van der Waals surface area (Å²) in [7, 11) is 0. The number of benzene rings is 1. The zero-order valence-corrected chi connectivity index (χ0v) is 14.5. The van der Waals surface area contributed by atoms with E-state index in [-0.39, 0.29) is 17.3 Å². The van der Waals surface area contributed by atoms with E-state index >= 15 is 0 Å². The maximum Gasteiger partial charge on any atom is 0.273 e. The molecule has 132 valence electrons. The number of pyridine rings is 1. The van der Waals surface area contributed by atoms with Crippen molar-refractivity contribution in [1.82, 2.24) is 14.5 Å². The number of aromatic nitrogens is 2. The summed E-state index contributed by atoms with van der Waals surface area (Å²) >= 11 is 1.23. The highest BCUT2D eigenvalue weighted by Gasteiger charge is 2.24. The minimum absolute atomic E-state index is 0.178. The van der Waals surface area contributed by atoms with Crippen LogP contribution in [-0.2, 0) is 13.0 Å². The fourth-order valence-corrected chi connectivity index (χ4v) is 3.59. The van der Waals surface area contributed by atoms with Gasteiger partial charge in [0.15, 0.2) is 5.13 Å². The Labute approximate surface area is 152 Å². The Balaban J connectivity index is 1.66. The number of hydrogen-bond donors (Lipinski definition) is 1. The lowest BCUT2D eigenvalue weighted by atomic mass is 10.0. The normalized spacial score (nSPS) is 13.5.